The molecule has 6 nitrogen and oxygen atoms in total. The highest BCUT2D eigenvalue weighted by atomic mass is 19.1. The van der Waals surface area contributed by atoms with Gasteiger partial charge in [-0.15, -0.1) is 0 Å². The van der Waals surface area contributed by atoms with Crippen molar-refractivity contribution >= 4 is 11.6 Å². The highest BCUT2D eigenvalue weighted by Crippen LogP contribution is 2.73. The zero-order chi connectivity index (χ0) is 24.0. The van der Waals surface area contributed by atoms with Gasteiger partial charge in [-0.25, -0.2) is 8.78 Å². The topological polar surface area (TPSA) is 93.1 Å². The maximum Gasteiger partial charge on any atom is 0.238 e. The second kappa shape index (κ2) is 7.15. The number of halogens is 2. The molecular formula is C25H34F2O6. The van der Waals surface area contributed by atoms with Crippen LogP contribution >= 0.6 is 0 Å². The molecule has 0 bridgehead atoms. The van der Waals surface area contributed by atoms with Crippen LogP contribution in [0.4, 0.5) is 8.78 Å². The Morgan fingerprint density at radius 1 is 1.27 bits per heavy atom. The van der Waals surface area contributed by atoms with Crippen molar-refractivity contribution in [3.8, 4) is 0 Å². The predicted octanol–water partition coefficient (Wildman–Crippen LogP) is 3.19. The van der Waals surface area contributed by atoms with Crippen molar-refractivity contribution in [2.75, 3.05) is 13.4 Å². The molecule has 0 radical (unpaired) electrons. The van der Waals surface area contributed by atoms with E-state index in [9.17, 15) is 19.8 Å². The number of hydrogen-bond donors (Lipinski definition) is 2. The number of hydrogen-bond acceptors (Lipinski definition) is 6. The molecule has 1 aliphatic heterocycles. The monoisotopic (exact) mass is 468 g/mol. The van der Waals surface area contributed by atoms with Gasteiger partial charge in [0.1, 0.15) is 18.4 Å². The predicted molar refractivity (Wildman–Crippen MR) is 113 cm³/mol. The van der Waals surface area contributed by atoms with Crippen molar-refractivity contribution in [2.45, 2.75) is 89.4 Å². The second-order valence-electron chi connectivity index (χ2n) is 11.4. The Morgan fingerprint density at radius 2 is 1.97 bits per heavy atom. The van der Waals surface area contributed by atoms with Gasteiger partial charge < -0.3 is 19.7 Å². The van der Waals surface area contributed by atoms with Gasteiger partial charge in [0.05, 0.1) is 6.10 Å². The van der Waals surface area contributed by atoms with Crippen molar-refractivity contribution in [1.29, 1.82) is 0 Å². The van der Waals surface area contributed by atoms with Gasteiger partial charge >= 0.3 is 0 Å². The van der Waals surface area contributed by atoms with Gasteiger partial charge in [0.25, 0.3) is 0 Å². The molecule has 3 saturated carbocycles. The van der Waals surface area contributed by atoms with Crippen LogP contribution in [0.2, 0.25) is 0 Å². The average Bonchev–Trinajstić information content (AvgIpc) is 3.02. The van der Waals surface area contributed by atoms with Crippen molar-refractivity contribution in [1.82, 2.24) is 0 Å². The molecule has 8 atom stereocenters. The molecule has 8 heteroatoms. The highest BCUT2D eigenvalue weighted by Gasteiger charge is 2.77. The molecule has 1 saturated heterocycles. The normalized spacial score (nSPS) is 50.2. The van der Waals surface area contributed by atoms with Gasteiger partial charge in [-0.3, -0.25) is 9.59 Å². The summed E-state index contributed by atoms with van der Waals surface area (Å²) in [5.41, 5.74) is -5.24. The quantitative estimate of drug-likeness (QED) is 0.658. The van der Waals surface area contributed by atoms with E-state index >= 15 is 8.78 Å². The molecule has 0 aromatic heterocycles. The standard InChI is InChI=1S/C25H34F2O6/c1-4-6-23(20(31)11-28)7-5-14-15-8-17(26)16-9-18(29)24(32-13-33-24)12-22(16,3)25(15,27)19(30)10-21(14,23)2/h9,14-15,17,19,28,30H,4-8,10-13H2,1-3H3/t14-,15-,17-,19-,21-,22-,23+,25-/m0/s1. The minimum absolute atomic E-state index is 0.0406. The largest absolute Gasteiger partial charge is 0.390 e. The number of alkyl halides is 2. The van der Waals surface area contributed by atoms with E-state index < -0.39 is 58.3 Å². The molecule has 0 amide bonds. The lowest BCUT2D eigenvalue weighted by atomic mass is 9.41. The fourth-order valence-corrected chi connectivity index (χ4v) is 8.79. The zero-order valence-electron chi connectivity index (χ0n) is 19.5. The Kier molecular flexibility index (Phi) is 5.10. The van der Waals surface area contributed by atoms with E-state index in [2.05, 4.69) is 0 Å². The minimum Gasteiger partial charge on any atom is -0.390 e. The first kappa shape index (κ1) is 23.5. The molecule has 0 unspecified atom stereocenters. The van der Waals surface area contributed by atoms with Crippen LogP contribution in [0.3, 0.4) is 0 Å². The summed E-state index contributed by atoms with van der Waals surface area (Å²) in [7, 11) is 0. The van der Waals surface area contributed by atoms with E-state index in [1.54, 1.807) is 6.92 Å². The number of rotatable bonds is 4. The number of aliphatic hydroxyl groups is 2. The molecule has 1 heterocycles. The van der Waals surface area contributed by atoms with E-state index in [4.69, 9.17) is 9.47 Å². The summed E-state index contributed by atoms with van der Waals surface area (Å²) >= 11 is 0. The third-order valence-electron chi connectivity index (χ3n) is 10.4. The Balaban J connectivity index is 1.62. The lowest BCUT2D eigenvalue weighted by Crippen LogP contribution is -2.72. The summed E-state index contributed by atoms with van der Waals surface area (Å²) in [4.78, 5) is 25.7. The number of carbonyl (C=O) groups is 2. The fraction of sp³-hybridized carbons (Fsp3) is 0.840. The number of carbonyl (C=O) groups excluding carboxylic acids is 2. The molecule has 0 aromatic rings. The van der Waals surface area contributed by atoms with Crippen LogP contribution in [-0.4, -0.2) is 58.9 Å². The summed E-state index contributed by atoms with van der Waals surface area (Å²) in [6.07, 6.45) is 0.127. The van der Waals surface area contributed by atoms with E-state index in [0.717, 1.165) is 6.08 Å². The minimum atomic E-state index is -2.20. The van der Waals surface area contributed by atoms with Crippen LogP contribution in [-0.2, 0) is 19.1 Å². The summed E-state index contributed by atoms with van der Waals surface area (Å²) in [5.74, 6) is -3.57. The van der Waals surface area contributed by atoms with E-state index in [-0.39, 0.29) is 43.3 Å². The SMILES string of the molecule is CCC[C@]1(C(=O)CO)CC[C@H]2[C@@H]3C[C@H](F)C4=CC(=O)C5(C[C@]4(C)[C@@]3(F)[C@@H](O)C[C@@]21C)OCO5. The average molecular weight is 469 g/mol. The summed E-state index contributed by atoms with van der Waals surface area (Å²) < 4.78 is 44.0. The molecule has 5 rings (SSSR count). The number of allylic oxidation sites excluding steroid dienone is 1. The molecule has 4 fully saturated rings. The molecule has 1 spiro atoms. The Morgan fingerprint density at radius 3 is 2.55 bits per heavy atom. The molecule has 0 aromatic carbocycles. The Bertz CT molecular complexity index is 917. The summed E-state index contributed by atoms with van der Waals surface area (Å²) in [6, 6.07) is 0. The first-order chi connectivity index (χ1) is 15.5. The maximum absolute atomic E-state index is 17.5. The van der Waals surface area contributed by atoms with Crippen LogP contribution in [0.25, 0.3) is 0 Å². The molecular weight excluding hydrogens is 434 g/mol. The number of Topliss-reactive ketones (excluding diaryl/α,β-unsaturated/α-hetero) is 1. The van der Waals surface area contributed by atoms with Gasteiger partial charge in [0.2, 0.25) is 11.6 Å². The summed E-state index contributed by atoms with van der Waals surface area (Å²) in [6.45, 7) is 4.78. The highest BCUT2D eigenvalue weighted by molar-refractivity contribution is 5.98. The lowest BCUT2D eigenvalue weighted by molar-refractivity contribution is -0.388. The first-order valence-electron chi connectivity index (χ1n) is 12.2. The third-order valence-corrected chi connectivity index (χ3v) is 10.4. The Labute approximate surface area is 192 Å². The van der Waals surface area contributed by atoms with Crippen LogP contribution < -0.4 is 0 Å². The first-order valence-corrected chi connectivity index (χ1v) is 12.2. The molecule has 4 aliphatic carbocycles. The number of ketones is 2. The molecule has 5 aliphatic rings. The van der Waals surface area contributed by atoms with E-state index in [1.807, 2.05) is 13.8 Å². The van der Waals surface area contributed by atoms with Gasteiger partial charge in [0.15, 0.2) is 12.6 Å². The number of ether oxygens (including phenoxy) is 2. The second-order valence-corrected chi connectivity index (χ2v) is 11.4. The molecule has 184 valence electrons. The fourth-order valence-electron chi connectivity index (χ4n) is 8.79. The van der Waals surface area contributed by atoms with Crippen molar-refractivity contribution in [3.63, 3.8) is 0 Å². The van der Waals surface area contributed by atoms with Crippen LogP contribution in [0.5, 0.6) is 0 Å². The van der Waals surface area contributed by atoms with Gasteiger partial charge in [-0.05, 0) is 55.1 Å². The van der Waals surface area contributed by atoms with Gasteiger partial charge in [-0.2, -0.15) is 0 Å². The van der Waals surface area contributed by atoms with Crippen LogP contribution in [0.15, 0.2) is 11.6 Å². The van der Waals surface area contributed by atoms with Crippen molar-refractivity contribution in [3.05, 3.63) is 11.6 Å². The van der Waals surface area contributed by atoms with Crippen molar-refractivity contribution in [2.24, 2.45) is 28.1 Å². The number of aliphatic hydroxyl groups excluding tert-OH is 2. The van der Waals surface area contributed by atoms with Gasteiger partial charge in [-0.1, -0.05) is 27.2 Å². The van der Waals surface area contributed by atoms with Crippen molar-refractivity contribution < 1.29 is 38.1 Å². The third kappa shape index (κ3) is 2.56. The zero-order valence-corrected chi connectivity index (χ0v) is 19.5. The van der Waals surface area contributed by atoms with E-state index in [0.29, 0.717) is 25.7 Å². The van der Waals surface area contributed by atoms with Gasteiger partial charge in [0, 0.05) is 23.2 Å². The number of fused-ring (bicyclic) bond motifs is 5. The molecule has 33 heavy (non-hydrogen) atoms. The van der Waals surface area contributed by atoms with E-state index in [1.165, 1.54) is 0 Å². The smallest absolute Gasteiger partial charge is 0.238 e. The van der Waals surface area contributed by atoms with Crippen LogP contribution in [0, 0.1) is 28.1 Å². The maximum atomic E-state index is 17.5. The summed E-state index contributed by atoms with van der Waals surface area (Å²) in [5, 5.41) is 21.3. The van der Waals surface area contributed by atoms with Crippen LogP contribution in [0.1, 0.15) is 65.7 Å². The Hall–Kier alpha value is -1.22. The molecule has 2 N–H and O–H groups in total. The lowest BCUT2D eigenvalue weighted by Gasteiger charge is -2.65.